The summed E-state index contributed by atoms with van der Waals surface area (Å²) in [5.74, 6) is 0.151. The van der Waals surface area contributed by atoms with E-state index in [1.807, 2.05) is 12.1 Å². The predicted molar refractivity (Wildman–Crippen MR) is 88.1 cm³/mol. The molecule has 2 fully saturated rings. The topological polar surface area (TPSA) is 65.1 Å². The molecule has 0 aliphatic carbocycles. The molecule has 2 saturated heterocycles. The molecule has 0 saturated carbocycles. The molecule has 0 aromatic heterocycles. The minimum absolute atomic E-state index is 0.151. The zero-order valence-corrected chi connectivity index (χ0v) is 13.8. The largest absolute Gasteiger partial charge is 0.409 e. The van der Waals surface area contributed by atoms with Gasteiger partial charge in [0.25, 0.3) is 0 Å². The molecule has 3 N–H and O–H groups in total. The first-order valence-corrected chi connectivity index (χ1v) is 8.18. The standard InChI is InChI=1S/C15H21BrN4O/c1-10-8-19-7-3-4-11(19)9-20(10)13-6-2-5-12(16)14(13)15(17)18-21/h2,5-6,10-11,21H,3-4,7-9H2,1H3,(H2,17,18). The number of nitrogens with zero attached hydrogens (tertiary/aromatic N) is 3. The number of oxime groups is 1. The van der Waals surface area contributed by atoms with Crippen LogP contribution in [0, 0.1) is 0 Å². The molecular formula is C15H21BrN4O. The minimum Gasteiger partial charge on any atom is -0.409 e. The molecule has 2 aliphatic rings. The third-order valence-corrected chi connectivity index (χ3v) is 5.26. The van der Waals surface area contributed by atoms with Crippen molar-refractivity contribution in [2.75, 3.05) is 24.5 Å². The zero-order valence-electron chi connectivity index (χ0n) is 12.2. The van der Waals surface area contributed by atoms with Gasteiger partial charge >= 0.3 is 0 Å². The molecule has 0 spiro atoms. The summed E-state index contributed by atoms with van der Waals surface area (Å²) < 4.78 is 0.858. The van der Waals surface area contributed by atoms with Crippen molar-refractivity contribution in [3.8, 4) is 0 Å². The fourth-order valence-corrected chi connectivity index (χ4v) is 4.14. The molecule has 2 unspecified atom stereocenters. The number of halogens is 1. The summed E-state index contributed by atoms with van der Waals surface area (Å²) >= 11 is 3.52. The van der Waals surface area contributed by atoms with Crippen LogP contribution in [-0.2, 0) is 0 Å². The van der Waals surface area contributed by atoms with Crippen molar-refractivity contribution in [3.05, 3.63) is 28.2 Å². The second kappa shape index (κ2) is 5.85. The van der Waals surface area contributed by atoms with Crippen LogP contribution in [0.15, 0.2) is 27.8 Å². The molecule has 2 heterocycles. The van der Waals surface area contributed by atoms with Gasteiger partial charge in [-0.1, -0.05) is 11.2 Å². The van der Waals surface area contributed by atoms with Crippen LogP contribution >= 0.6 is 15.9 Å². The lowest BCUT2D eigenvalue weighted by atomic mass is 10.0. The SMILES string of the molecule is CC1CN2CCCC2CN1c1cccc(Br)c1/C(N)=N/O. The average molecular weight is 353 g/mol. The Morgan fingerprint density at radius 2 is 2.24 bits per heavy atom. The number of hydrogen-bond donors (Lipinski definition) is 2. The van der Waals surface area contributed by atoms with Gasteiger partial charge < -0.3 is 15.8 Å². The van der Waals surface area contributed by atoms with Gasteiger partial charge in [-0.3, -0.25) is 4.90 Å². The van der Waals surface area contributed by atoms with Crippen LogP contribution < -0.4 is 10.6 Å². The Hall–Kier alpha value is -1.27. The summed E-state index contributed by atoms with van der Waals surface area (Å²) in [5, 5.41) is 12.3. The minimum atomic E-state index is 0.151. The molecule has 1 aromatic carbocycles. The maximum atomic E-state index is 9.07. The molecule has 2 aliphatic heterocycles. The maximum absolute atomic E-state index is 9.07. The highest BCUT2D eigenvalue weighted by atomic mass is 79.9. The first kappa shape index (κ1) is 14.7. The van der Waals surface area contributed by atoms with E-state index in [0.29, 0.717) is 12.1 Å². The van der Waals surface area contributed by atoms with Crippen molar-refractivity contribution < 1.29 is 5.21 Å². The van der Waals surface area contributed by atoms with E-state index >= 15 is 0 Å². The Morgan fingerprint density at radius 1 is 1.43 bits per heavy atom. The first-order valence-electron chi connectivity index (χ1n) is 7.39. The van der Waals surface area contributed by atoms with Crippen LogP contribution in [-0.4, -0.2) is 47.7 Å². The van der Waals surface area contributed by atoms with E-state index in [1.165, 1.54) is 19.4 Å². The lowest BCUT2D eigenvalue weighted by molar-refractivity contribution is 0.203. The average Bonchev–Trinajstić information content (AvgIpc) is 2.92. The molecular weight excluding hydrogens is 332 g/mol. The van der Waals surface area contributed by atoms with Crippen molar-refractivity contribution in [1.82, 2.24) is 4.90 Å². The smallest absolute Gasteiger partial charge is 0.173 e. The first-order chi connectivity index (χ1) is 10.1. The van der Waals surface area contributed by atoms with E-state index in [0.717, 1.165) is 28.8 Å². The molecule has 0 amide bonds. The van der Waals surface area contributed by atoms with Crippen molar-refractivity contribution in [2.45, 2.75) is 31.8 Å². The van der Waals surface area contributed by atoms with E-state index in [2.05, 4.69) is 43.9 Å². The van der Waals surface area contributed by atoms with Crippen LogP contribution in [0.2, 0.25) is 0 Å². The Balaban J connectivity index is 1.98. The third kappa shape index (κ3) is 2.62. The summed E-state index contributed by atoms with van der Waals surface area (Å²) in [7, 11) is 0. The van der Waals surface area contributed by atoms with Gasteiger partial charge in [-0.15, -0.1) is 0 Å². The molecule has 6 heteroatoms. The van der Waals surface area contributed by atoms with Crippen molar-refractivity contribution >= 4 is 27.5 Å². The highest BCUT2D eigenvalue weighted by Crippen LogP contribution is 2.33. The van der Waals surface area contributed by atoms with E-state index in [9.17, 15) is 0 Å². The predicted octanol–water partition coefficient (Wildman–Crippen LogP) is 2.22. The summed E-state index contributed by atoms with van der Waals surface area (Å²) in [6.07, 6.45) is 2.55. The van der Waals surface area contributed by atoms with Gasteiger partial charge in [0, 0.05) is 35.3 Å². The monoisotopic (exact) mass is 352 g/mol. The van der Waals surface area contributed by atoms with Gasteiger partial charge in [-0.25, -0.2) is 0 Å². The quantitative estimate of drug-likeness (QED) is 0.370. The Bertz CT molecular complexity index is 563. The molecule has 0 radical (unpaired) electrons. The lowest BCUT2D eigenvalue weighted by Crippen LogP contribution is -2.55. The number of piperazine rings is 1. The molecule has 5 nitrogen and oxygen atoms in total. The van der Waals surface area contributed by atoms with Crippen molar-refractivity contribution in [2.24, 2.45) is 10.9 Å². The summed E-state index contributed by atoms with van der Waals surface area (Å²) in [4.78, 5) is 4.98. The van der Waals surface area contributed by atoms with Gasteiger partial charge in [0.05, 0.1) is 5.56 Å². The van der Waals surface area contributed by atoms with Crippen molar-refractivity contribution in [3.63, 3.8) is 0 Å². The maximum Gasteiger partial charge on any atom is 0.173 e. The third-order valence-electron chi connectivity index (χ3n) is 4.60. The van der Waals surface area contributed by atoms with Crippen LogP contribution in [0.25, 0.3) is 0 Å². The van der Waals surface area contributed by atoms with Crippen LogP contribution in [0.4, 0.5) is 5.69 Å². The van der Waals surface area contributed by atoms with E-state index < -0.39 is 0 Å². The van der Waals surface area contributed by atoms with E-state index in [4.69, 9.17) is 10.9 Å². The van der Waals surface area contributed by atoms with Gasteiger partial charge in [0.15, 0.2) is 5.84 Å². The second-order valence-electron chi connectivity index (χ2n) is 5.91. The normalized spacial score (nSPS) is 27.0. The Morgan fingerprint density at radius 3 is 3.00 bits per heavy atom. The fraction of sp³-hybridized carbons (Fsp3) is 0.533. The van der Waals surface area contributed by atoms with E-state index in [1.54, 1.807) is 0 Å². The number of fused-ring (bicyclic) bond motifs is 1. The fourth-order valence-electron chi connectivity index (χ4n) is 3.58. The molecule has 21 heavy (non-hydrogen) atoms. The number of rotatable bonds is 2. The van der Waals surface area contributed by atoms with Crippen LogP contribution in [0.1, 0.15) is 25.3 Å². The summed E-state index contributed by atoms with van der Waals surface area (Å²) in [6.45, 7) is 5.54. The molecule has 0 bridgehead atoms. The number of hydrogen-bond acceptors (Lipinski definition) is 4. The van der Waals surface area contributed by atoms with Gasteiger partial charge in [-0.05, 0) is 54.4 Å². The Kier molecular flexibility index (Phi) is 4.08. The molecule has 2 atom stereocenters. The van der Waals surface area contributed by atoms with Gasteiger partial charge in [0.1, 0.15) is 0 Å². The highest BCUT2D eigenvalue weighted by Gasteiger charge is 2.35. The number of nitrogens with two attached hydrogens (primary N) is 1. The summed E-state index contributed by atoms with van der Waals surface area (Å²) in [6, 6.07) is 7.02. The molecule has 3 rings (SSSR count). The van der Waals surface area contributed by atoms with Gasteiger partial charge in [-0.2, -0.15) is 0 Å². The van der Waals surface area contributed by atoms with E-state index in [-0.39, 0.29) is 5.84 Å². The number of amidine groups is 1. The van der Waals surface area contributed by atoms with Crippen molar-refractivity contribution in [1.29, 1.82) is 0 Å². The second-order valence-corrected chi connectivity index (χ2v) is 6.77. The zero-order chi connectivity index (χ0) is 15.0. The Labute approximate surface area is 133 Å². The molecule has 1 aromatic rings. The highest BCUT2D eigenvalue weighted by molar-refractivity contribution is 9.10. The lowest BCUT2D eigenvalue weighted by Gasteiger charge is -2.44. The summed E-state index contributed by atoms with van der Waals surface area (Å²) in [5.41, 5.74) is 7.70. The number of anilines is 1. The van der Waals surface area contributed by atoms with Crippen LogP contribution in [0.3, 0.4) is 0 Å². The van der Waals surface area contributed by atoms with Gasteiger partial charge in [0.2, 0.25) is 0 Å². The number of benzene rings is 1. The van der Waals surface area contributed by atoms with Crippen LogP contribution in [0.5, 0.6) is 0 Å². The molecule has 114 valence electrons.